The number of fused-ring (bicyclic) bond motifs is 1. The molecule has 7 heteroatoms. The molecule has 1 N–H and O–H groups in total. The smallest absolute Gasteiger partial charge is 0.266 e. The van der Waals surface area contributed by atoms with Crippen molar-refractivity contribution in [1.29, 1.82) is 0 Å². The summed E-state index contributed by atoms with van der Waals surface area (Å²) in [5.41, 5.74) is 4.16. The Morgan fingerprint density at radius 2 is 1.87 bits per heavy atom. The maximum atomic E-state index is 13.0. The normalized spacial score (nSPS) is 15.0. The van der Waals surface area contributed by atoms with Gasteiger partial charge in [-0.15, -0.1) is 11.3 Å². The first-order valence-electron chi connectivity index (χ1n) is 10.6. The van der Waals surface area contributed by atoms with E-state index in [1.165, 1.54) is 23.3 Å². The zero-order valence-electron chi connectivity index (χ0n) is 18.2. The first kappa shape index (κ1) is 20.8. The molecular weight excluding hydrogens is 394 g/mol. The van der Waals surface area contributed by atoms with Crippen LogP contribution in [0.25, 0.3) is 10.2 Å². The zero-order valence-corrected chi connectivity index (χ0v) is 19.0. The van der Waals surface area contributed by atoms with Crippen LogP contribution >= 0.6 is 11.3 Å². The minimum Gasteiger partial charge on any atom is -0.353 e. The molecule has 0 atom stereocenters. The summed E-state index contributed by atoms with van der Waals surface area (Å²) in [6, 6.07) is 5.99. The van der Waals surface area contributed by atoms with E-state index in [9.17, 15) is 4.79 Å². The summed E-state index contributed by atoms with van der Waals surface area (Å²) in [7, 11) is 0. The number of carbonyl (C=O) groups excluding carboxylic acids is 1. The summed E-state index contributed by atoms with van der Waals surface area (Å²) in [6.07, 6.45) is 2.80. The van der Waals surface area contributed by atoms with Gasteiger partial charge in [0.15, 0.2) is 0 Å². The Balaban J connectivity index is 1.60. The van der Waals surface area contributed by atoms with E-state index < -0.39 is 0 Å². The number of nitrogens with one attached hydrogen (secondary N) is 1. The lowest BCUT2D eigenvalue weighted by Crippen LogP contribution is -2.46. The lowest BCUT2D eigenvalue weighted by atomic mass is 10.1. The number of aromatic nitrogens is 2. The third kappa shape index (κ3) is 4.04. The summed E-state index contributed by atoms with van der Waals surface area (Å²) in [6.45, 7) is 13.5. The van der Waals surface area contributed by atoms with Gasteiger partial charge in [0.25, 0.3) is 5.91 Å². The Kier molecular flexibility index (Phi) is 6.01. The molecule has 0 spiro atoms. The van der Waals surface area contributed by atoms with E-state index >= 15 is 0 Å². The van der Waals surface area contributed by atoms with E-state index in [-0.39, 0.29) is 5.91 Å². The van der Waals surface area contributed by atoms with Crippen LogP contribution in [0.5, 0.6) is 0 Å². The van der Waals surface area contributed by atoms with Crippen molar-refractivity contribution in [2.75, 3.05) is 42.9 Å². The second-order valence-corrected chi connectivity index (χ2v) is 9.01. The average molecular weight is 424 g/mol. The van der Waals surface area contributed by atoms with Crippen molar-refractivity contribution in [1.82, 2.24) is 14.9 Å². The Bertz CT molecular complexity index is 1070. The van der Waals surface area contributed by atoms with Gasteiger partial charge >= 0.3 is 0 Å². The monoisotopic (exact) mass is 423 g/mol. The molecule has 0 bridgehead atoms. The fourth-order valence-corrected chi connectivity index (χ4v) is 5.05. The van der Waals surface area contributed by atoms with Crippen molar-refractivity contribution in [3.63, 3.8) is 0 Å². The summed E-state index contributed by atoms with van der Waals surface area (Å²) < 4.78 is 0. The second-order valence-electron chi connectivity index (χ2n) is 8.02. The van der Waals surface area contributed by atoms with Crippen LogP contribution in [0, 0.1) is 20.8 Å². The number of rotatable bonds is 5. The van der Waals surface area contributed by atoms with Gasteiger partial charge in [0.2, 0.25) is 0 Å². The van der Waals surface area contributed by atoms with E-state index in [1.807, 2.05) is 25.1 Å². The SMILES string of the molecule is CCCN1CCN(c2ncnc3sc(C(=O)Nc4ccc(C)c(C)c4)c(C)c23)CC1. The van der Waals surface area contributed by atoms with Crippen LogP contribution < -0.4 is 10.2 Å². The number of carbonyl (C=O) groups is 1. The molecule has 1 amide bonds. The molecule has 158 valence electrons. The number of hydrogen-bond acceptors (Lipinski definition) is 6. The van der Waals surface area contributed by atoms with Gasteiger partial charge in [-0.25, -0.2) is 9.97 Å². The first-order chi connectivity index (χ1) is 14.5. The molecule has 0 saturated carbocycles. The van der Waals surface area contributed by atoms with Gasteiger partial charge in [-0.1, -0.05) is 13.0 Å². The molecule has 2 aromatic heterocycles. The van der Waals surface area contributed by atoms with Crippen LogP contribution in [-0.2, 0) is 0 Å². The van der Waals surface area contributed by atoms with Crippen molar-refractivity contribution in [3.05, 3.63) is 46.1 Å². The zero-order chi connectivity index (χ0) is 21.3. The van der Waals surface area contributed by atoms with Gasteiger partial charge in [-0.2, -0.15) is 0 Å². The molecule has 0 aliphatic carbocycles. The molecule has 3 heterocycles. The van der Waals surface area contributed by atoms with Crippen molar-refractivity contribution in [2.45, 2.75) is 34.1 Å². The van der Waals surface area contributed by atoms with Crippen LogP contribution in [0.2, 0.25) is 0 Å². The van der Waals surface area contributed by atoms with Gasteiger partial charge in [0.05, 0.1) is 10.3 Å². The Hall–Kier alpha value is -2.51. The van der Waals surface area contributed by atoms with Crippen molar-refractivity contribution < 1.29 is 4.79 Å². The Morgan fingerprint density at radius 3 is 2.57 bits per heavy atom. The summed E-state index contributed by atoms with van der Waals surface area (Å²) in [5, 5.41) is 4.06. The summed E-state index contributed by atoms with van der Waals surface area (Å²) in [4.78, 5) is 28.5. The van der Waals surface area contributed by atoms with Crippen molar-refractivity contribution in [2.24, 2.45) is 0 Å². The number of hydrogen-bond donors (Lipinski definition) is 1. The molecule has 1 aromatic carbocycles. The highest BCUT2D eigenvalue weighted by atomic mass is 32.1. The van der Waals surface area contributed by atoms with E-state index in [2.05, 4.69) is 45.9 Å². The quantitative estimate of drug-likeness (QED) is 0.659. The third-order valence-electron chi connectivity index (χ3n) is 5.89. The molecule has 1 saturated heterocycles. The molecule has 0 unspecified atom stereocenters. The van der Waals surface area contributed by atoms with E-state index in [0.717, 1.165) is 65.6 Å². The van der Waals surface area contributed by atoms with E-state index in [0.29, 0.717) is 4.88 Å². The van der Waals surface area contributed by atoms with Gasteiger partial charge in [0, 0.05) is 31.9 Å². The predicted molar refractivity (Wildman–Crippen MR) is 125 cm³/mol. The Morgan fingerprint density at radius 1 is 1.10 bits per heavy atom. The highest BCUT2D eigenvalue weighted by Gasteiger charge is 2.24. The fourth-order valence-electron chi connectivity index (χ4n) is 4.02. The van der Waals surface area contributed by atoms with Crippen LogP contribution in [0.3, 0.4) is 0 Å². The molecule has 3 aromatic rings. The number of aryl methyl sites for hydroxylation is 3. The van der Waals surface area contributed by atoms with Crippen LogP contribution in [0.1, 0.15) is 39.7 Å². The standard InChI is InChI=1S/C23H29N5OS/c1-5-8-27-9-11-28(12-10-27)21-19-17(4)20(30-23(19)25-14-24-21)22(29)26-18-7-6-15(2)16(3)13-18/h6-7,13-14H,5,8-12H2,1-4H3,(H,26,29). The number of nitrogens with zero attached hydrogens (tertiary/aromatic N) is 4. The lowest BCUT2D eigenvalue weighted by Gasteiger charge is -2.35. The minimum absolute atomic E-state index is 0.0857. The molecule has 6 nitrogen and oxygen atoms in total. The number of anilines is 2. The van der Waals surface area contributed by atoms with Gasteiger partial charge < -0.3 is 10.2 Å². The number of thiophene rings is 1. The predicted octanol–water partition coefficient (Wildman–Crippen LogP) is 4.40. The molecule has 1 aliphatic heterocycles. The van der Waals surface area contributed by atoms with Crippen LogP contribution in [0.15, 0.2) is 24.5 Å². The van der Waals surface area contributed by atoms with E-state index in [1.54, 1.807) is 6.33 Å². The molecule has 1 fully saturated rings. The number of benzene rings is 1. The molecule has 1 aliphatic rings. The highest BCUT2D eigenvalue weighted by molar-refractivity contribution is 7.20. The summed E-state index contributed by atoms with van der Waals surface area (Å²) >= 11 is 1.45. The van der Waals surface area contributed by atoms with Crippen molar-refractivity contribution >= 4 is 39.0 Å². The molecule has 0 radical (unpaired) electrons. The summed E-state index contributed by atoms with van der Waals surface area (Å²) in [5.74, 6) is 0.868. The number of amides is 1. The maximum absolute atomic E-state index is 13.0. The van der Waals surface area contributed by atoms with Crippen molar-refractivity contribution in [3.8, 4) is 0 Å². The third-order valence-corrected chi connectivity index (χ3v) is 7.09. The van der Waals surface area contributed by atoms with Crippen LogP contribution in [0.4, 0.5) is 11.5 Å². The van der Waals surface area contributed by atoms with Gasteiger partial charge in [-0.05, 0) is 62.6 Å². The average Bonchev–Trinajstić information content (AvgIpc) is 3.09. The maximum Gasteiger partial charge on any atom is 0.266 e. The highest BCUT2D eigenvalue weighted by Crippen LogP contribution is 2.35. The van der Waals surface area contributed by atoms with E-state index in [4.69, 9.17) is 0 Å². The topological polar surface area (TPSA) is 61.4 Å². The van der Waals surface area contributed by atoms with Crippen LogP contribution in [-0.4, -0.2) is 53.5 Å². The second kappa shape index (κ2) is 8.70. The number of piperazine rings is 1. The van der Waals surface area contributed by atoms with Gasteiger partial charge in [0.1, 0.15) is 17.0 Å². The lowest BCUT2D eigenvalue weighted by molar-refractivity contribution is 0.103. The largest absolute Gasteiger partial charge is 0.353 e. The fraction of sp³-hybridized carbons (Fsp3) is 0.435. The molecule has 30 heavy (non-hydrogen) atoms. The molecule has 4 rings (SSSR count). The minimum atomic E-state index is -0.0857. The molecular formula is C23H29N5OS. The Labute approximate surface area is 181 Å². The first-order valence-corrected chi connectivity index (χ1v) is 11.4. The van der Waals surface area contributed by atoms with Gasteiger partial charge in [-0.3, -0.25) is 9.69 Å².